The third-order valence-corrected chi connectivity index (χ3v) is 3.50. The first-order valence-electron chi connectivity index (χ1n) is 7.34. The van der Waals surface area contributed by atoms with Crippen molar-refractivity contribution < 1.29 is 4.87 Å². The molecule has 0 aliphatic heterocycles. The number of nitrogens with two attached hydrogens (primary N) is 1. The predicted octanol–water partition coefficient (Wildman–Crippen LogP) is 2.94. The van der Waals surface area contributed by atoms with Gasteiger partial charge in [-0.1, -0.05) is 30.3 Å². The molecule has 6 nitrogen and oxygen atoms in total. The summed E-state index contributed by atoms with van der Waals surface area (Å²) in [5.41, 5.74) is 2.51. The molecule has 115 valence electrons. The lowest BCUT2D eigenvalue weighted by molar-refractivity contribution is -0.474. The van der Waals surface area contributed by atoms with Crippen molar-refractivity contribution in [3.63, 3.8) is 0 Å². The second kappa shape index (κ2) is 6.83. The summed E-state index contributed by atoms with van der Waals surface area (Å²) in [6.07, 6.45) is 3.87. The molecule has 3 aromatic rings. The van der Waals surface area contributed by atoms with Gasteiger partial charge in [-0.3, -0.25) is 5.10 Å². The van der Waals surface area contributed by atoms with Gasteiger partial charge >= 0.3 is 0 Å². The fraction of sp³-hybridized carbons (Fsp3) is 0.118. The molecule has 3 rings (SSSR count). The van der Waals surface area contributed by atoms with Crippen LogP contribution in [0, 0.1) is 11.3 Å². The van der Waals surface area contributed by atoms with Gasteiger partial charge in [0.15, 0.2) is 10.7 Å². The van der Waals surface area contributed by atoms with E-state index in [1.807, 2.05) is 24.6 Å². The Morgan fingerprint density at radius 1 is 1.09 bits per heavy atom. The number of nitrogens with one attached hydrogen (secondary N) is 1. The van der Waals surface area contributed by atoms with Crippen LogP contribution in [0.15, 0.2) is 54.6 Å². The minimum absolute atomic E-state index is 0.324. The molecule has 0 atom stereocenters. The van der Waals surface area contributed by atoms with Gasteiger partial charge in [-0.2, -0.15) is 10.9 Å². The lowest BCUT2D eigenvalue weighted by Gasteiger charge is -1.98. The number of benzene rings is 2. The first-order chi connectivity index (χ1) is 11.2. The number of hydrogen-bond acceptors (Lipinski definition) is 3. The second-order valence-electron chi connectivity index (χ2n) is 5.15. The summed E-state index contributed by atoms with van der Waals surface area (Å²) in [5, 5.41) is 7.11. The van der Waals surface area contributed by atoms with Crippen molar-refractivity contribution in [2.24, 2.45) is 5.84 Å². The van der Waals surface area contributed by atoms with E-state index < -0.39 is 0 Å². The van der Waals surface area contributed by atoms with Gasteiger partial charge in [0.25, 0.3) is 5.69 Å². The number of aryl methyl sites for hydroxylation is 1. The molecule has 1 radical (unpaired) electrons. The monoisotopic (exact) mass is 307 g/mol. The van der Waals surface area contributed by atoms with Crippen molar-refractivity contribution >= 4 is 5.69 Å². The topological polar surface area (TPSA) is 87.7 Å². The number of rotatable bonds is 6. The molecule has 0 spiro atoms. The van der Waals surface area contributed by atoms with Gasteiger partial charge in [0.2, 0.25) is 0 Å². The number of aromatic nitrogens is 3. The van der Waals surface area contributed by atoms with Crippen LogP contribution in [0.1, 0.15) is 17.8 Å². The highest BCUT2D eigenvalue weighted by atomic mass is 16.3. The summed E-state index contributed by atoms with van der Waals surface area (Å²) in [5.74, 6) is 6.48. The maximum atomic E-state index is 11.0. The predicted molar refractivity (Wildman–Crippen MR) is 87.5 cm³/mol. The average molecular weight is 307 g/mol. The Morgan fingerprint density at radius 2 is 1.83 bits per heavy atom. The lowest BCUT2D eigenvalue weighted by Crippen LogP contribution is -2.08. The first-order valence-corrected chi connectivity index (χ1v) is 7.34. The van der Waals surface area contributed by atoms with Crippen molar-refractivity contribution in [3.05, 3.63) is 77.3 Å². The fourth-order valence-electron chi connectivity index (χ4n) is 2.27. The van der Waals surface area contributed by atoms with Crippen LogP contribution >= 0.6 is 0 Å². The zero-order valence-electron chi connectivity index (χ0n) is 12.5. The third-order valence-electron chi connectivity index (χ3n) is 3.50. The van der Waals surface area contributed by atoms with Gasteiger partial charge < -0.3 is 0 Å². The molecule has 0 unspecified atom stereocenters. The minimum atomic E-state index is 0.324. The highest BCUT2D eigenvalue weighted by molar-refractivity contribution is 5.56. The Morgan fingerprint density at radius 3 is 2.52 bits per heavy atom. The molecule has 0 aliphatic rings. The van der Waals surface area contributed by atoms with Crippen LogP contribution in [0.4, 0.5) is 5.69 Å². The van der Waals surface area contributed by atoms with Gasteiger partial charge in [0.05, 0.1) is 4.91 Å². The number of hydrogen-bond donors (Lipinski definition) is 2. The maximum Gasteiger partial charge on any atom is 0.291 e. The molecule has 0 amide bonds. The summed E-state index contributed by atoms with van der Waals surface area (Å²) >= 11 is 0. The van der Waals surface area contributed by atoms with Crippen molar-refractivity contribution in [2.45, 2.75) is 12.8 Å². The summed E-state index contributed by atoms with van der Waals surface area (Å²) in [6, 6.07) is 17.1. The van der Waals surface area contributed by atoms with Crippen LogP contribution in [-0.2, 0) is 6.42 Å². The Kier molecular flexibility index (Phi) is 4.42. The average Bonchev–Trinajstić information content (AvgIpc) is 3.05. The van der Waals surface area contributed by atoms with E-state index in [2.05, 4.69) is 27.3 Å². The largest absolute Gasteiger partial charge is 0.291 e. The van der Waals surface area contributed by atoms with Crippen LogP contribution in [0.3, 0.4) is 0 Å². The van der Waals surface area contributed by atoms with Gasteiger partial charge in [0.1, 0.15) is 5.82 Å². The van der Waals surface area contributed by atoms with Gasteiger partial charge in [-0.15, -0.1) is 0 Å². The van der Waals surface area contributed by atoms with E-state index in [1.165, 1.54) is 5.56 Å². The van der Waals surface area contributed by atoms with Crippen molar-refractivity contribution in [1.82, 2.24) is 15.2 Å². The zero-order chi connectivity index (χ0) is 16.1. The number of hydrazine groups is 1. The Labute approximate surface area is 133 Å². The molecule has 6 heteroatoms. The van der Waals surface area contributed by atoms with Crippen LogP contribution in [0.5, 0.6) is 0 Å². The Bertz CT molecular complexity index is 780. The van der Waals surface area contributed by atoms with Crippen molar-refractivity contribution in [1.29, 1.82) is 0 Å². The van der Waals surface area contributed by atoms with Gasteiger partial charge in [0, 0.05) is 24.1 Å². The molecule has 0 saturated carbocycles. The van der Waals surface area contributed by atoms with E-state index in [-0.39, 0.29) is 0 Å². The van der Waals surface area contributed by atoms with Crippen LogP contribution in [0.2, 0.25) is 0 Å². The SMILES string of the molecule is N[N+](=O)c1ccc(-c2n[nH]c([CH]CCc3ccccc3)n2)cc1. The van der Waals surface area contributed by atoms with Crippen LogP contribution < -0.4 is 5.84 Å². The first kappa shape index (κ1) is 14.9. The summed E-state index contributed by atoms with van der Waals surface area (Å²) in [7, 11) is 0. The van der Waals surface area contributed by atoms with Crippen LogP contribution in [-0.4, -0.2) is 20.1 Å². The molecule has 0 aliphatic carbocycles. The Hall–Kier alpha value is -3.02. The van der Waals surface area contributed by atoms with E-state index in [4.69, 9.17) is 5.84 Å². The molecule has 23 heavy (non-hydrogen) atoms. The number of nitrogens with zero attached hydrogens (tertiary/aromatic N) is 3. The van der Waals surface area contributed by atoms with E-state index in [0.717, 1.165) is 24.2 Å². The Balaban J connectivity index is 1.60. The highest BCUT2D eigenvalue weighted by Crippen LogP contribution is 2.19. The summed E-state index contributed by atoms with van der Waals surface area (Å²) < 4.78 is 0. The third kappa shape index (κ3) is 3.79. The number of aromatic amines is 1. The molecule has 3 N–H and O–H groups in total. The van der Waals surface area contributed by atoms with E-state index in [9.17, 15) is 4.91 Å². The zero-order valence-corrected chi connectivity index (χ0v) is 12.5. The number of H-pyrrole nitrogens is 1. The normalized spacial score (nSPS) is 10.6. The van der Waals surface area contributed by atoms with Gasteiger partial charge in [-0.05, 0) is 30.5 Å². The lowest BCUT2D eigenvalue weighted by atomic mass is 10.1. The van der Waals surface area contributed by atoms with E-state index in [1.54, 1.807) is 24.3 Å². The number of nitroso groups, excluding NO2 is 1. The second-order valence-corrected chi connectivity index (χ2v) is 5.15. The smallest absolute Gasteiger partial charge is 0.262 e. The standard InChI is InChI=1S/C17H17N5O/c18-22(23)15-11-9-14(10-12-15)17-19-16(20-21-17)8-4-7-13-5-2-1-3-6-13/h1-3,5-6,8-12H,4,7H2,(H2,18,23)(H,19,20,21)/q+1. The molecule has 0 saturated heterocycles. The van der Waals surface area contributed by atoms with Crippen molar-refractivity contribution in [2.75, 3.05) is 0 Å². The minimum Gasteiger partial charge on any atom is -0.262 e. The van der Waals surface area contributed by atoms with Gasteiger partial charge in [-0.25, -0.2) is 4.98 Å². The fourth-order valence-corrected chi connectivity index (χ4v) is 2.27. The summed E-state index contributed by atoms with van der Waals surface area (Å²) in [4.78, 5) is 15.7. The molecule has 1 aromatic heterocycles. The maximum absolute atomic E-state index is 11.0. The molecular formula is C17H17N5O+. The highest BCUT2D eigenvalue weighted by Gasteiger charge is 2.10. The molecule has 2 aromatic carbocycles. The summed E-state index contributed by atoms with van der Waals surface area (Å²) in [6.45, 7) is 0. The molecule has 0 fully saturated rings. The van der Waals surface area contributed by atoms with Crippen LogP contribution in [0.25, 0.3) is 11.4 Å². The molecule has 0 bridgehead atoms. The molecular weight excluding hydrogens is 290 g/mol. The quantitative estimate of drug-likeness (QED) is 0.416. The van der Waals surface area contributed by atoms with E-state index in [0.29, 0.717) is 16.4 Å². The van der Waals surface area contributed by atoms with E-state index >= 15 is 0 Å². The molecule has 1 heterocycles. The van der Waals surface area contributed by atoms with Crippen molar-refractivity contribution in [3.8, 4) is 11.4 Å².